The average molecular weight is 1850 g/mol. The van der Waals surface area contributed by atoms with E-state index in [0.29, 0.717) is 6.04 Å². The van der Waals surface area contributed by atoms with Gasteiger partial charge in [0.15, 0.2) is 34.9 Å². The summed E-state index contributed by atoms with van der Waals surface area (Å²) in [7, 11) is 0. The highest BCUT2D eigenvalue weighted by Crippen LogP contribution is 2.29. The summed E-state index contributed by atoms with van der Waals surface area (Å²) in [5, 5.41) is 8.28. The maximum absolute atomic E-state index is 4.58. The Hall–Kier alpha value is -12.4. The maximum atomic E-state index is 4.58. The van der Waals surface area contributed by atoms with Crippen LogP contribution in [0.5, 0.6) is 0 Å². The first-order chi connectivity index (χ1) is 59.6. The summed E-state index contributed by atoms with van der Waals surface area (Å²) >= 11 is 0. The molecule has 1 unspecified atom stereocenters. The van der Waals surface area contributed by atoms with Crippen LogP contribution in [-0.2, 0) is 43.3 Å². The number of aryl methyl sites for hydroxylation is 3. The van der Waals surface area contributed by atoms with Gasteiger partial charge < -0.3 is 14.4 Å². The number of hydrogen-bond donors (Lipinski definition) is 0. The number of hydrogen-bond acceptors (Lipinski definition) is 23. The topological polar surface area (TPSA) is 307 Å². The number of piperidine rings is 2. The highest BCUT2D eigenvalue weighted by molar-refractivity contribution is 5.39. The molecule has 0 aliphatic carbocycles. The maximum Gasteiger partial charge on any atom is 0.171 e. The van der Waals surface area contributed by atoms with Gasteiger partial charge in [0.25, 0.3) is 0 Å². The molecule has 14 aromatic heterocycles. The van der Waals surface area contributed by atoms with Crippen molar-refractivity contribution < 1.29 is 0 Å². The van der Waals surface area contributed by atoms with E-state index in [4.69, 9.17) is 0 Å². The molecule has 2 aliphatic heterocycles. The molecule has 16 rings (SSSR count). The van der Waals surface area contributed by atoms with Crippen LogP contribution in [0.2, 0.25) is 0 Å². The summed E-state index contributed by atoms with van der Waals surface area (Å²) in [5.41, 5.74) is 10.6. The van der Waals surface area contributed by atoms with Crippen LogP contribution >= 0.6 is 0 Å². The number of imidazole rings is 3. The molecule has 0 N–H and O–H groups in total. The van der Waals surface area contributed by atoms with Crippen molar-refractivity contribution in [2.45, 2.75) is 342 Å². The monoisotopic (exact) mass is 1850 g/mol. The zero-order chi connectivity index (χ0) is 92.9. The minimum Gasteiger partial charge on any atom is -0.355 e. The largest absolute Gasteiger partial charge is 0.355 e. The molecule has 1 atom stereocenters. The Balaban J connectivity index is 0.000000765. The summed E-state index contributed by atoms with van der Waals surface area (Å²) in [6.07, 6.45) is 59.5. The van der Waals surface area contributed by atoms with Gasteiger partial charge in [0, 0.05) is 131 Å². The normalized spacial score (nSPS) is 13.1. The van der Waals surface area contributed by atoms with Crippen molar-refractivity contribution >= 4 is 11.6 Å². The Bertz CT molecular complexity index is 5200. The number of anilines is 2. The quantitative estimate of drug-likeness (QED) is 0.136. The van der Waals surface area contributed by atoms with Crippen LogP contribution in [-0.4, -0.2) is 158 Å². The molecular formula is C106H169N29. The Morgan fingerprint density at radius 3 is 0.948 bits per heavy atom. The van der Waals surface area contributed by atoms with Gasteiger partial charge in [-0.3, -0.25) is 53.6 Å². The second kappa shape index (κ2) is 52.4. The SMILES string of the molecule is C.C.C.C.C.C.C.C.CC(C)(C)c1cnc(-n2cccc2)cn1.CC(C)(C)c1cnc(-n2cccn2)cn1.CC(C)(C)c1cnc(-n2ccnc2)cn1.CC1CCCCN1c1cnc(C(C)(C)C)cn1.CC1CCN(c2cnc(C(C)(C)C)cn2)CC1.Cc1cn(-c2cnc(C(C)(C)C)cn2)cn1.Cc1cnn(-c2cnc(C(C)(C)C)cn2)c1.Cc1nccn1-c1cnc(C(C)(C)C)cn1. The number of rotatable bonds is 8. The first-order valence-electron chi connectivity index (χ1n) is 43.8. The molecule has 135 heavy (non-hydrogen) atoms. The average Bonchev–Trinajstić information content (AvgIpc) is 1.54. The summed E-state index contributed by atoms with van der Waals surface area (Å²) < 4.78 is 11.0. The first-order valence-corrected chi connectivity index (χ1v) is 43.8. The van der Waals surface area contributed by atoms with Crippen molar-refractivity contribution in [1.82, 2.24) is 133 Å². The highest BCUT2D eigenvalue weighted by atomic mass is 15.3. The molecule has 0 amide bonds. The molecule has 29 nitrogen and oxygen atoms in total. The molecule has 29 heteroatoms. The third-order valence-corrected chi connectivity index (χ3v) is 20.8. The van der Waals surface area contributed by atoms with Crippen LogP contribution in [0.4, 0.5) is 11.6 Å². The molecule has 14 aromatic rings. The number of nitrogens with zero attached hydrogens (tertiary/aromatic N) is 29. The second-order valence-corrected chi connectivity index (χ2v) is 40.5. The Morgan fingerprint density at radius 2 is 0.637 bits per heavy atom. The Kier molecular flexibility index (Phi) is 46.8. The summed E-state index contributed by atoms with van der Waals surface area (Å²) in [5.74, 6) is 8.58. The lowest BCUT2D eigenvalue weighted by atomic mass is 9.93. The van der Waals surface area contributed by atoms with Crippen molar-refractivity contribution in [2.75, 3.05) is 29.4 Å². The minimum atomic E-state index is 0. The molecule has 0 radical (unpaired) electrons. The zero-order valence-corrected chi connectivity index (χ0v) is 80.8. The molecule has 16 heterocycles. The van der Waals surface area contributed by atoms with Gasteiger partial charge in [-0.1, -0.05) is 233 Å². The molecule has 0 saturated carbocycles. The van der Waals surface area contributed by atoms with Crippen LogP contribution in [0, 0.1) is 26.7 Å². The van der Waals surface area contributed by atoms with Gasteiger partial charge in [-0.05, 0) is 89.5 Å². The van der Waals surface area contributed by atoms with E-state index in [-0.39, 0.29) is 103 Å². The standard InChI is InChI=1S/2C14H23N3.3C12H16N4.C12H15N3.2C11H14N4.8CH4/c1-11-5-7-17(8-6-11)13-10-15-12(9-16-13)14(2,3)4;1-11-7-5-6-8-17(11)13-10-15-12(9-16-13)14(2,3)4;1-9-7-16(8-15-9)11-6-13-10(5-14-11)12(2,3)4;1-9-5-15-16(8-9)11-7-13-10(6-14-11)12(2,3)4;1-9-13-5-6-16(9)11-8-14-10(7-15-11)12(2,3)4;1-12(2,3)10-8-14-11(9-13-10)15-6-4-5-7-15;1-11(2,3)9-6-14-10(7-13-9)15-5-4-12-8-15;1-11(2,3)9-7-13-10(8-12-9)15-6-4-5-14-15;;;;;;;;/h2*9-11H,5-8H2,1-4H3;3*5-8H,1-4H3;4-9H,1-3H3;2*4-8H,1-3H3;8*1H4. The third kappa shape index (κ3) is 36.7. The molecule has 0 aromatic carbocycles. The molecule has 2 fully saturated rings. The van der Waals surface area contributed by atoms with E-state index in [9.17, 15) is 0 Å². The van der Waals surface area contributed by atoms with Gasteiger partial charge >= 0.3 is 0 Å². The van der Waals surface area contributed by atoms with Gasteiger partial charge in [-0.2, -0.15) is 10.2 Å². The molecular weight excluding hydrogens is 1680 g/mol. The van der Waals surface area contributed by atoms with Crippen molar-refractivity contribution in [3.05, 3.63) is 261 Å². The minimum absolute atomic E-state index is 0. The first kappa shape index (κ1) is 121. The van der Waals surface area contributed by atoms with Gasteiger partial charge in [-0.25, -0.2) is 64.2 Å². The van der Waals surface area contributed by atoms with E-state index in [1.54, 1.807) is 90.2 Å². The van der Waals surface area contributed by atoms with E-state index in [1.807, 2.05) is 156 Å². The predicted octanol–water partition coefficient (Wildman–Crippen LogP) is 24.5. The third-order valence-electron chi connectivity index (χ3n) is 20.8. The van der Waals surface area contributed by atoms with Gasteiger partial charge in [0.1, 0.15) is 30.1 Å². The lowest BCUT2D eigenvalue weighted by Gasteiger charge is -2.34. The zero-order valence-electron chi connectivity index (χ0n) is 80.8. The summed E-state index contributed by atoms with van der Waals surface area (Å²) in [6, 6.07) is 6.40. The predicted molar refractivity (Wildman–Crippen MR) is 560 cm³/mol. The van der Waals surface area contributed by atoms with Crippen LogP contribution in [0.25, 0.3) is 34.9 Å². The lowest BCUT2D eigenvalue weighted by Crippen LogP contribution is -2.38. The van der Waals surface area contributed by atoms with Gasteiger partial charge in [-0.15, -0.1) is 0 Å². The van der Waals surface area contributed by atoms with Crippen LogP contribution in [0.15, 0.2) is 198 Å². The molecule has 0 bridgehead atoms. The fourth-order valence-corrected chi connectivity index (χ4v) is 12.4. The van der Waals surface area contributed by atoms with E-state index in [1.165, 1.54) is 32.1 Å². The lowest BCUT2D eigenvalue weighted by molar-refractivity contribution is 0.436. The number of aromatic nitrogens is 27. The summed E-state index contributed by atoms with van der Waals surface area (Å²) in [6.45, 7) is 65.0. The van der Waals surface area contributed by atoms with E-state index in [0.717, 1.165) is 135 Å². The summed E-state index contributed by atoms with van der Waals surface area (Å²) in [4.78, 5) is 87.9. The van der Waals surface area contributed by atoms with Gasteiger partial charge in [0.05, 0.1) is 157 Å². The van der Waals surface area contributed by atoms with Crippen LogP contribution < -0.4 is 9.80 Å². The second-order valence-electron chi connectivity index (χ2n) is 40.5. The fourth-order valence-electron chi connectivity index (χ4n) is 12.4. The van der Waals surface area contributed by atoms with Crippen LogP contribution in [0.1, 0.15) is 334 Å². The Morgan fingerprint density at radius 1 is 0.274 bits per heavy atom. The smallest absolute Gasteiger partial charge is 0.171 e. The Labute approximate surface area is 812 Å². The molecule has 2 aliphatic rings. The van der Waals surface area contributed by atoms with Crippen molar-refractivity contribution in [3.63, 3.8) is 0 Å². The van der Waals surface area contributed by atoms with Gasteiger partial charge in [0.2, 0.25) is 0 Å². The van der Waals surface area contributed by atoms with E-state index < -0.39 is 0 Å². The van der Waals surface area contributed by atoms with Crippen molar-refractivity contribution in [1.29, 1.82) is 0 Å². The molecule has 2 saturated heterocycles. The van der Waals surface area contributed by atoms with Crippen molar-refractivity contribution in [3.8, 4) is 34.9 Å². The fraction of sp³-hybridized carbons (Fsp3) is 0.519. The molecule has 0 spiro atoms. The highest BCUT2D eigenvalue weighted by Gasteiger charge is 2.26. The molecule has 738 valence electrons. The van der Waals surface area contributed by atoms with E-state index >= 15 is 0 Å². The van der Waals surface area contributed by atoms with E-state index in [2.05, 4.69) is 295 Å². The van der Waals surface area contributed by atoms with Crippen LogP contribution in [0.3, 0.4) is 0 Å². The van der Waals surface area contributed by atoms with Crippen molar-refractivity contribution in [2.24, 2.45) is 5.92 Å².